The molecule has 0 saturated carbocycles. The number of hydrogen-bond acceptors (Lipinski definition) is 4. The molecule has 2 rings (SSSR count). The van der Waals surface area contributed by atoms with Crippen LogP contribution < -0.4 is 5.32 Å². The molecular formula is C13H12BrNO2S. The summed E-state index contributed by atoms with van der Waals surface area (Å²) < 4.78 is 5.56. The fourth-order valence-electron chi connectivity index (χ4n) is 1.49. The maximum Gasteiger partial charge on any atom is 0.325 e. The fourth-order valence-corrected chi connectivity index (χ4v) is 3.32. The normalized spacial score (nSPS) is 10.1. The van der Waals surface area contributed by atoms with E-state index in [2.05, 4.69) is 38.1 Å². The Morgan fingerprint density at radius 3 is 2.78 bits per heavy atom. The van der Waals surface area contributed by atoms with Gasteiger partial charge in [-0.3, -0.25) is 4.79 Å². The molecule has 0 amide bonds. The lowest BCUT2D eigenvalue weighted by Gasteiger charge is -2.04. The molecule has 0 aliphatic heterocycles. The summed E-state index contributed by atoms with van der Waals surface area (Å²) in [6.07, 6.45) is 0. The second kappa shape index (κ2) is 6.02. The molecule has 0 spiro atoms. The minimum Gasteiger partial charge on any atom is -0.468 e. The van der Waals surface area contributed by atoms with Crippen molar-refractivity contribution in [2.75, 3.05) is 19.0 Å². The first-order chi connectivity index (χ1) is 8.72. The molecule has 5 heteroatoms. The molecule has 0 atom stereocenters. The van der Waals surface area contributed by atoms with Crippen LogP contribution in [0.15, 0.2) is 40.2 Å². The summed E-state index contributed by atoms with van der Waals surface area (Å²) in [5.74, 6) is -0.283. The van der Waals surface area contributed by atoms with Crippen molar-refractivity contribution >= 4 is 38.9 Å². The van der Waals surface area contributed by atoms with E-state index in [1.54, 1.807) is 11.3 Å². The Labute approximate surface area is 118 Å². The molecule has 0 fully saturated rings. The number of rotatable bonds is 4. The zero-order chi connectivity index (χ0) is 13.0. The standard InChI is InChI=1S/C13H12BrNO2S/c1-17-11(16)7-15-10-8-18-13(12(10)14)9-5-3-2-4-6-9/h2-6,8,15H,7H2,1H3. The minimum atomic E-state index is -0.283. The summed E-state index contributed by atoms with van der Waals surface area (Å²) in [5.41, 5.74) is 2.06. The average molecular weight is 326 g/mol. The van der Waals surface area contributed by atoms with Gasteiger partial charge in [-0.05, 0) is 21.5 Å². The Morgan fingerprint density at radius 2 is 2.11 bits per heavy atom. The van der Waals surface area contributed by atoms with Crippen LogP contribution in [0.3, 0.4) is 0 Å². The topological polar surface area (TPSA) is 38.3 Å². The summed E-state index contributed by atoms with van der Waals surface area (Å²) in [4.78, 5) is 12.2. The molecule has 0 radical (unpaired) electrons. The second-order valence-electron chi connectivity index (χ2n) is 3.59. The lowest BCUT2D eigenvalue weighted by atomic mass is 10.2. The van der Waals surface area contributed by atoms with Crippen LogP contribution >= 0.6 is 27.3 Å². The van der Waals surface area contributed by atoms with Crippen LogP contribution in [-0.2, 0) is 9.53 Å². The van der Waals surface area contributed by atoms with E-state index >= 15 is 0 Å². The number of benzene rings is 1. The highest BCUT2D eigenvalue weighted by Gasteiger charge is 2.11. The predicted octanol–water partition coefficient (Wildman–Crippen LogP) is 3.76. The maximum absolute atomic E-state index is 11.1. The molecule has 1 heterocycles. The number of carbonyl (C=O) groups excluding carboxylic acids is 1. The van der Waals surface area contributed by atoms with Crippen LogP contribution in [0.25, 0.3) is 10.4 Å². The van der Waals surface area contributed by atoms with Gasteiger partial charge in [-0.2, -0.15) is 0 Å². The van der Waals surface area contributed by atoms with E-state index in [1.807, 2.05) is 23.6 Å². The number of nitrogens with one attached hydrogen (secondary N) is 1. The number of halogens is 1. The molecule has 0 bridgehead atoms. The third kappa shape index (κ3) is 2.91. The largest absolute Gasteiger partial charge is 0.468 e. The van der Waals surface area contributed by atoms with Crippen molar-refractivity contribution in [3.05, 3.63) is 40.2 Å². The molecule has 94 valence electrons. The van der Waals surface area contributed by atoms with E-state index in [-0.39, 0.29) is 12.5 Å². The summed E-state index contributed by atoms with van der Waals surface area (Å²) in [6.45, 7) is 0.167. The molecule has 0 unspecified atom stereocenters. The van der Waals surface area contributed by atoms with Gasteiger partial charge in [-0.25, -0.2) is 0 Å². The molecule has 1 aromatic heterocycles. The predicted molar refractivity (Wildman–Crippen MR) is 78.0 cm³/mol. The van der Waals surface area contributed by atoms with Crippen LogP contribution in [-0.4, -0.2) is 19.6 Å². The van der Waals surface area contributed by atoms with Gasteiger partial charge >= 0.3 is 5.97 Å². The molecule has 1 N–H and O–H groups in total. The van der Waals surface area contributed by atoms with Crippen LogP contribution in [0, 0.1) is 0 Å². The van der Waals surface area contributed by atoms with E-state index in [1.165, 1.54) is 7.11 Å². The first-order valence-electron chi connectivity index (χ1n) is 5.35. The van der Waals surface area contributed by atoms with Gasteiger partial charge in [0, 0.05) is 5.38 Å². The summed E-state index contributed by atoms with van der Waals surface area (Å²) >= 11 is 5.18. The number of anilines is 1. The first kappa shape index (κ1) is 13.1. The Hall–Kier alpha value is -1.33. The summed E-state index contributed by atoms with van der Waals surface area (Å²) in [5, 5.41) is 5.02. The smallest absolute Gasteiger partial charge is 0.325 e. The molecule has 3 nitrogen and oxygen atoms in total. The van der Waals surface area contributed by atoms with Crippen LogP contribution in [0.2, 0.25) is 0 Å². The van der Waals surface area contributed by atoms with Gasteiger partial charge in [-0.1, -0.05) is 30.3 Å². The maximum atomic E-state index is 11.1. The van der Waals surface area contributed by atoms with Gasteiger partial charge < -0.3 is 10.1 Å². The molecule has 0 aliphatic rings. The van der Waals surface area contributed by atoms with Crippen molar-refractivity contribution in [3.8, 4) is 10.4 Å². The van der Waals surface area contributed by atoms with Crippen molar-refractivity contribution in [3.63, 3.8) is 0 Å². The number of thiophene rings is 1. The Balaban J connectivity index is 2.17. The van der Waals surface area contributed by atoms with Crippen LogP contribution in [0.4, 0.5) is 5.69 Å². The van der Waals surface area contributed by atoms with Gasteiger partial charge in [0.25, 0.3) is 0 Å². The zero-order valence-electron chi connectivity index (χ0n) is 9.77. The third-order valence-electron chi connectivity index (χ3n) is 2.42. The quantitative estimate of drug-likeness (QED) is 0.870. The van der Waals surface area contributed by atoms with Crippen molar-refractivity contribution in [2.24, 2.45) is 0 Å². The van der Waals surface area contributed by atoms with Gasteiger partial charge in [-0.15, -0.1) is 11.3 Å². The number of carbonyl (C=O) groups is 1. The average Bonchev–Trinajstić information content (AvgIpc) is 2.78. The molecule has 0 saturated heterocycles. The van der Waals surface area contributed by atoms with E-state index in [4.69, 9.17) is 0 Å². The molecule has 1 aromatic carbocycles. The monoisotopic (exact) mass is 325 g/mol. The van der Waals surface area contributed by atoms with E-state index in [0.717, 1.165) is 20.6 Å². The van der Waals surface area contributed by atoms with Gasteiger partial charge in [0.2, 0.25) is 0 Å². The SMILES string of the molecule is COC(=O)CNc1csc(-c2ccccc2)c1Br. The lowest BCUT2D eigenvalue weighted by molar-refractivity contribution is -0.138. The molecular weight excluding hydrogens is 314 g/mol. The minimum absolute atomic E-state index is 0.167. The number of hydrogen-bond donors (Lipinski definition) is 1. The Morgan fingerprint density at radius 1 is 1.39 bits per heavy atom. The highest BCUT2D eigenvalue weighted by molar-refractivity contribution is 9.10. The van der Waals surface area contributed by atoms with E-state index < -0.39 is 0 Å². The fraction of sp³-hybridized carbons (Fsp3) is 0.154. The first-order valence-corrected chi connectivity index (χ1v) is 7.02. The molecule has 2 aromatic rings. The van der Waals surface area contributed by atoms with Crippen molar-refractivity contribution in [2.45, 2.75) is 0 Å². The lowest BCUT2D eigenvalue weighted by Crippen LogP contribution is -2.14. The van der Waals surface area contributed by atoms with Crippen molar-refractivity contribution < 1.29 is 9.53 Å². The van der Waals surface area contributed by atoms with Crippen molar-refractivity contribution in [1.82, 2.24) is 0 Å². The van der Waals surface area contributed by atoms with Gasteiger partial charge in [0.05, 0.1) is 22.1 Å². The van der Waals surface area contributed by atoms with E-state index in [0.29, 0.717) is 0 Å². The summed E-state index contributed by atoms with van der Waals surface area (Å²) in [6, 6.07) is 10.1. The highest BCUT2D eigenvalue weighted by atomic mass is 79.9. The number of esters is 1. The number of methoxy groups -OCH3 is 1. The van der Waals surface area contributed by atoms with Crippen molar-refractivity contribution in [1.29, 1.82) is 0 Å². The molecule has 18 heavy (non-hydrogen) atoms. The second-order valence-corrected chi connectivity index (χ2v) is 5.26. The highest BCUT2D eigenvalue weighted by Crippen LogP contribution is 2.39. The summed E-state index contributed by atoms with van der Waals surface area (Å²) in [7, 11) is 1.38. The molecule has 0 aliphatic carbocycles. The van der Waals surface area contributed by atoms with Crippen LogP contribution in [0.1, 0.15) is 0 Å². The Bertz CT molecular complexity index is 539. The Kier molecular flexibility index (Phi) is 4.38. The number of ether oxygens (including phenoxy) is 1. The van der Waals surface area contributed by atoms with Crippen LogP contribution in [0.5, 0.6) is 0 Å². The third-order valence-corrected chi connectivity index (χ3v) is 4.53. The van der Waals surface area contributed by atoms with Gasteiger partial charge in [0.15, 0.2) is 0 Å². The van der Waals surface area contributed by atoms with E-state index in [9.17, 15) is 4.79 Å². The zero-order valence-corrected chi connectivity index (χ0v) is 12.2. The van der Waals surface area contributed by atoms with Gasteiger partial charge in [0.1, 0.15) is 6.54 Å².